The highest BCUT2D eigenvalue weighted by Crippen LogP contribution is 2.33. The van der Waals surface area contributed by atoms with Crippen molar-refractivity contribution in [3.05, 3.63) is 54.1 Å². The monoisotopic (exact) mass is 420 g/mol. The third-order valence-electron chi connectivity index (χ3n) is 5.09. The van der Waals surface area contributed by atoms with Gasteiger partial charge in [0, 0.05) is 6.54 Å². The zero-order chi connectivity index (χ0) is 20.1. The summed E-state index contributed by atoms with van der Waals surface area (Å²) in [6, 6.07) is 12.9. The fourth-order valence-corrected chi connectivity index (χ4v) is 7.08. The van der Waals surface area contributed by atoms with Crippen molar-refractivity contribution in [1.29, 1.82) is 0 Å². The SMILES string of the molecule is C[C@H]1CS(=O)(=O)N(c2ccc(S(=O)(=O)N3CCCc4ccccc43)cc2)C1=O. The zero-order valence-corrected chi connectivity index (χ0v) is 16.9. The van der Waals surface area contributed by atoms with E-state index in [1.54, 1.807) is 19.1 Å². The van der Waals surface area contributed by atoms with Crippen molar-refractivity contribution in [2.75, 3.05) is 20.9 Å². The maximum absolute atomic E-state index is 13.2. The number of sulfonamides is 2. The van der Waals surface area contributed by atoms with Gasteiger partial charge < -0.3 is 0 Å². The number of nitrogens with zero attached hydrogens (tertiary/aromatic N) is 2. The first-order valence-electron chi connectivity index (χ1n) is 8.99. The van der Waals surface area contributed by atoms with Gasteiger partial charge in [0.05, 0.1) is 27.9 Å². The summed E-state index contributed by atoms with van der Waals surface area (Å²) < 4.78 is 52.9. The molecule has 7 nitrogen and oxygen atoms in total. The van der Waals surface area contributed by atoms with Gasteiger partial charge in [0.15, 0.2) is 0 Å². The first-order valence-corrected chi connectivity index (χ1v) is 12.0. The van der Waals surface area contributed by atoms with E-state index in [-0.39, 0.29) is 16.3 Å². The van der Waals surface area contributed by atoms with Gasteiger partial charge in [-0.25, -0.2) is 21.1 Å². The first-order chi connectivity index (χ1) is 13.2. The molecule has 1 saturated heterocycles. The fourth-order valence-electron chi connectivity index (χ4n) is 3.72. The van der Waals surface area contributed by atoms with Gasteiger partial charge in [0.25, 0.3) is 10.0 Å². The minimum atomic E-state index is -3.79. The Morgan fingerprint density at radius 2 is 1.71 bits per heavy atom. The normalized spacial score (nSPS) is 21.6. The van der Waals surface area contributed by atoms with Crippen LogP contribution in [-0.4, -0.2) is 35.0 Å². The number of hydrogen-bond donors (Lipinski definition) is 0. The van der Waals surface area contributed by atoms with Crippen molar-refractivity contribution in [2.24, 2.45) is 5.92 Å². The standard InChI is InChI=1S/C19H20N2O5S2/c1-14-13-27(23,24)21(19(14)22)16-8-10-17(11-9-16)28(25,26)20-12-4-6-15-5-2-3-7-18(15)20/h2-3,5,7-11,14H,4,6,12-13H2,1H3/t14-/m0/s1. The Balaban J connectivity index is 1.69. The maximum atomic E-state index is 13.2. The quantitative estimate of drug-likeness (QED) is 0.759. The van der Waals surface area contributed by atoms with Gasteiger partial charge in [-0.15, -0.1) is 0 Å². The molecule has 28 heavy (non-hydrogen) atoms. The lowest BCUT2D eigenvalue weighted by Crippen LogP contribution is -2.35. The number of amides is 1. The Bertz CT molecular complexity index is 1140. The van der Waals surface area contributed by atoms with E-state index in [9.17, 15) is 21.6 Å². The highest BCUT2D eigenvalue weighted by molar-refractivity contribution is 7.94. The van der Waals surface area contributed by atoms with Crippen LogP contribution in [0.5, 0.6) is 0 Å². The third-order valence-corrected chi connectivity index (χ3v) is 8.78. The number of fused-ring (bicyclic) bond motifs is 1. The van der Waals surface area contributed by atoms with E-state index in [4.69, 9.17) is 0 Å². The lowest BCUT2D eigenvalue weighted by atomic mass is 10.0. The zero-order valence-electron chi connectivity index (χ0n) is 15.3. The summed E-state index contributed by atoms with van der Waals surface area (Å²) in [4.78, 5) is 12.3. The molecule has 1 atom stereocenters. The van der Waals surface area contributed by atoms with Gasteiger partial charge in [-0.3, -0.25) is 9.10 Å². The van der Waals surface area contributed by atoms with Crippen LogP contribution >= 0.6 is 0 Å². The topological polar surface area (TPSA) is 91.8 Å². The van der Waals surface area contributed by atoms with E-state index < -0.39 is 31.9 Å². The second-order valence-electron chi connectivity index (χ2n) is 7.09. The molecule has 0 saturated carbocycles. The number of aryl methyl sites for hydroxylation is 1. The molecule has 0 aliphatic carbocycles. The minimum absolute atomic E-state index is 0.0602. The summed E-state index contributed by atoms with van der Waals surface area (Å²) in [6.45, 7) is 1.95. The average Bonchev–Trinajstić information content (AvgIpc) is 2.88. The summed E-state index contributed by atoms with van der Waals surface area (Å²) in [6.07, 6.45) is 1.56. The molecule has 2 aliphatic heterocycles. The van der Waals surface area contributed by atoms with Crippen molar-refractivity contribution in [2.45, 2.75) is 24.7 Å². The number of anilines is 2. The van der Waals surface area contributed by atoms with E-state index in [1.807, 2.05) is 12.1 Å². The molecule has 0 radical (unpaired) electrons. The Labute approximate surface area is 164 Å². The van der Waals surface area contributed by atoms with Crippen LogP contribution in [0, 0.1) is 5.92 Å². The lowest BCUT2D eigenvalue weighted by Gasteiger charge is -2.30. The highest BCUT2D eigenvalue weighted by Gasteiger charge is 2.42. The Kier molecular flexibility index (Phi) is 4.46. The van der Waals surface area contributed by atoms with Gasteiger partial charge in [-0.05, 0) is 48.7 Å². The molecule has 1 amide bonds. The fraction of sp³-hybridized carbons (Fsp3) is 0.316. The van der Waals surface area contributed by atoms with Crippen molar-refractivity contribution in [1.82, 2.24) is 0 Å². The molecule has 0 aromatic heterocycles. The minimum Gasteiger partial charge on any atom is -0.273 e. The molecule has 2 aromatic rings. The third kappa shape index (κ3) is 2.98. The molecule has 2 aromatic carbocycles. The van der Waals surface area contributed by atoms with E-state index in [0.717, 1.165) is 22.7 Å². The predicted molar refractivity (Wildman–Crippen MR) is 106 cm³/mol. The first kappa shape index (κ1) is 18.9. The van der Waals surface area contributed by atoms with Gasteiger partial charge in [-0.1, -0.05) is 25.1 Å². The molecule has 9 heteroatoms. The highest BCUT2D eigenvalue weighted by atomic mass is 32.2. The van der Waals surface area contributed by atoms with Crippen LogP contribution < -0.4 is 8.61 Å². The summed E-state index contributed by atoms with van der Waals surface area (Å²) in [5, 5.41) is 0. The van der Waals surface area contributed by atoms with E-state index in [1.165, 1.54) is 28.6 Å². The largest absolute Gasteiger partial charge is 0.273 e. The number of carbonyl (C=O) groups is 1. The maximum Gasteiger partial charge on any atom is 0.264 e. The molecule has 148 valence electrons. The van der Waals surface area contributed by atoms with Gasteiger partial charge in [-0.2, -0.15) is 0 Å². The summed E-state index contributed by atoms with van der Waals surface area (Å²) in [5.41, 5.74) is 1.81. The second kappa shape index (κ2) is 6.59. The molecular formula is C19H20N2O5S2. The number of para-hydroxylation sites is 1. The Morgan fingerprint density at radius 1 is 1.04 bits per heavy atom. The van der Waals surface area contributed by atoms with Crippen LogP contribution in [0.4, 0.5) is 11.4 Å². The van der Waals surface area contributed by atoms with Crippen LogP contribution in [0.2, 0.25) is 0 Å². The van der Waals surface area contributed by atoms with E-state index in [2.05, 4.69) is 0 Å². The number of rotatable bonds is 3. The van der Waals surface area contributed by atoms with Crippen molar-refractivity contribution in [3.8, 4) is 0 Å². The van der Waals surface area contributed by atoms with Crippen molar-refractivity contribution >= 4 is 37.3 Å². The molecule has 2 heterocycles. The molecular weight excluding hydrogens is 400 g/mol. The lowest BCUT2D eigenvalue weighted by molar-refractivity contribution is -0.119. The molecule has 2 aliphatic rings. The average molecular weight is 421 g/mol. The Morgan fingerprint density at radius 3 is 2.36 bits per heavy atom. The molecule has 1 fully saturated rings. The molecule has 0 unspecified atom stereocenters. The predicted octanol–water partition coefficient (Wildman–Crippen LogP) is 2.14. The van der Waals surface area contributed by atoms with E-state index in [0.29, 0.717) is 12.2 Å². The van der Waals surface area contributed by atoms with Crippen LogP contribution in [-0.2, 0) is 31.3 Å². The van der Waals surface area contributed by atoms with Gasteiger partial charge in [0.1, 0.15) is 0 Å². The van der Waals surface area contributed by atoms with Crippen LogP contribution in [0.3, 0.4) is 0 Å². The van der Waals surface area contributed by atoms with Gasteiger partial charge >= 0.3 is 0 Å². The molecule has 0 spiro atoms. The Hall–Kier alpha value is -2.39. The van der Waals surface area contributed by atoms with Crippen molar-refractivity contribution in [3.63, 3.8) is 0 Å². The number of hydrogen-bond acceptors (Lipinski definition) is 5. The van der Waals surface area contributed by atoms with Crippen LogP contribution in [0.1, 0.15) is 18.9 Å². The van der Waals surface area contributed by atoms with Crippen LogP contribution in [0.25, 0.3) is 0 Å². The van der Waals surface area contributed by atoms with Gasteiger partial charge in [0.2, 0.25) is 15.9 Å². The smallest absolute Gasteiger partial charge is 0.264 e. The number of benzene rings is 2. The van der Waals surface area contributed by atoms with Crippen LogP contribution in [0.15, 0.2) is 53.4 Å². The molecule has 4 rings (SSSR count). The number of carbonyl (C=O) groups excluding carboxylic acids is 1. The molecule has 0 N–H and O–H groups in total. The summed E-state index contributed by atoms with van der Waals surface area (Å²) in [7, 11) is -7.51. The van der Waals surface area contributed by atoms with Crippen molar-refractivity contribution < 1.29 is 21.6 Å². The molecule has 0 bridgehead atoms. The summed E-state index contributed by atoms with van der Waals surface area (Å²) >= 11 is 0. The summed E-state index contributed by atoms with van der Waals surface area (Å²) in [5.74, 6) is -1.35. The second-order valence-corrected chi connectivity index (χ2v) is 10.8. The van der Waals surface area contributed by atoms with E-state index >= 15 is 0 Å².